The summed E-state index contributed by atoms with van der Waals surface area (Å²) in [6.07, 6.45) is -3.68. The second-order valence-electron chi connectivity index (χ2n) is 5.80. The Hall–Kier alpha value is -3.14. The Morgan fingerprint density at radius 1 is 0.885 bits per heavy atom. The summed E-state index contributed by atoms with van der Waals surface area (Å²) in [7, 11) is 2.84. The fraction of sp³-hybridized carbons (Fsp3) is 0.200. The molecule has 0 fully saturated rings. The number of likely N-dealkylation sites (N-methyl/N-ethyl adjacent to an activating group) is 1. The van der Waals surface area contributed by atoms with Crippen LogP contribution >= 0.6 is 0 Å². The molecule has 0 aliphatic rings. The summed E-state index contributed by atoms with van der Waals surface area (Å²) >= 11 is 0. The molecule has 6 heteroatoms. The molecule has 2 aromatic rings. The highest BCUT2D eigenvalue weighted by Gasteiger charge is 2.31. The van der Waals surface area contributed by atoms with Crippen molar-refractivity contribution in [3.63, 3.8) is 0 Å². The summed E-state index contributed by atoms with van der Waals surface area (Å²) in [5.41, 5.74) is 2.08. The molecule has 2 amide bonds. The zero-order chi connectivity index (χ0) is 19.1. The van der Waals surface area contributed by atoms with E-state index >= 15 is 0 Å². The largest absolute Gasteiger partial charge is 0.380 e. The lowest BCUT2D eigenvalue weighted by Crippen LogP contribution is -2.47. The fourth-order valence-electron chi connectivity index (χ4n) is 2.06. The predicted molar refractivity (Wildman–Crippen MR) is 98.2 cm³/mol. The summed E-state index contributed by atoms with van der Waals surface area (Å²) in [6, 6.07) is 16.2. The van der Waals surface area contributed by atoms with Gasteiger partial charge in [0.25, 0.3) is 11.8 Å². The van der Waals surface area contributed by atoms with Gasteiger partial charge in [-0.25, -0.2) is 0 Å². The molecule has 0 bridgehead atoms. The topological polar surface area (TPSA) is 89.9 Å². The Morgan fingerprint density at radius 2 is 1.42 bits per heavy atom. The van der Waals surface area contributed by atoms with Crippen LogP contribution in [-0.2, 0) is 9.59 Å². The maximum Gasteiger partial charge on any atom is 0.256 e. The standard InChI is InChI=1S/C20H20N2O4/c1-22(2)20(26)18(24)17(23)19(25)21-16-12-10-15(11-13-16)9-8-14-6-4-3-5-7-14/h3-7,10-13,17-18,23-24H,1-2H3,(H,21,25). The molecule has 2 aromatic carbocycles. The van der Waals surface area contributed by atoms with Gasteiger partial charge in [-0.3, -0.25) is 9.59 Å². The van der Waals surface area contributed by atoms with E-state index in [4.69, 9.17) is 0 Å². The maximum atomic E-state index is 12.0. The first-order valence-corrected chi connectivity index (χ1v) is 7.94. The Bertz CT molecular complexity index is 820. The summed E-state index contributed by atoms with van der Waals surface area (Å²) in [6.45, 7) is 0. The van der Waals surface area contributed by atoms with Crippen molar-refractivity contribution in [2.24, 2.45) is 0 Å². The van der Waals surface area contributed by atoms with Crippen molar-refractivity contribution in [3.05, 3.63) is 65.7 Å². The van der Waals surface area contributed by atoms with Crippen LogP contribution in [0.5, 0.6) is 0 Å². The van der Waals surface area contributed by atoms with E-state index in [1.165, 1.54) is 14.1 Å². The summed E-state index contributed by atoms with van der Waals surface area (Å²) in [5.74, 6) is 4.42. The second kappa shape index (κ2) is 8.81. The van der Waals surface area contributed by atoms with Crippen molar-refractivity contribution in [2.75, 3.05) is 19.4 Å². The van der Waals surface area contributed by atoms with Gasteiger partial charge in [0, 0.05) is 30.9 Å². The molecule has 2 rings (SSSR count). The number of aliphatic hydroxyl groups is 2. The van der Waals surface area contributed by atoms with E-state index in [2.05, 4.69) is 17.2 Å². The molecule has 0 heterocycles. The molecule has 0 saturated heterocycles. The van der Waals surface area contributed by atoms with Gasteiger partial charge in [-0.1, -0.05) is 30.0 Å². The predicted octanol–water partition coefficient (Wildman–Crippen LogP) is 0.835. The summed E-state index contributed by atoms with van der Waals surface area (Å²) < 4.78 is 0. The molecule has 0 spiro atoms. The number of amides is 2. The Kier molecular flexibility index (Phi) is 6.50. The molecule has 6 nitrogen and oxygen atoms in total. The van der Waals surface area contributed by atoms with Gasteiger partial charge in [-0.05, 0) is 36.4 Å². The highest BCUT2D eigenvalue weighted by atomic mass is 16.3. The van der Waals surface area contributed by atoms with Gasteiger partial charge in [0.05, 0.1) is 0 Å². The van der Waals surface area contributed by atoms with Gasteiger partial charge >= 0.3 is 0 Å². The van der Waals surface area contributed by atoms with Crippen LogP contribution in [0.1, 0.15) is 11.1 Å². The SMILES string of the molecule is CN(C)C(=O)C(O)C(O)C(=O)Nc1ccc(C#Cc2ccccc2)cc1. The van der Waals surface area contributed by atoms with Gasteiger partial charge in [-0.2, -0.15) is 0 Å². The minimum Gasteiger partial charge on any atom is -0.380 e. The molecule has 0 aliphatic carbocycles. The fourth-order valence-corrected chi connectivity index (χ4v) is 2.06. The van der Waals surface area contributed by atoms with Gasteiger partial charge < -0.3 is 20.4 Å². The van der Waals surface area contributed by atoms with Crippen molar-refractivity contribution < 1.29 is 19.8 Å². The first kappa shape index (κ1) is 19.2. The van der Waals surface area contributed by atoms with Crippen molar-refractivity contribution in [1.29, 1.82) is 0 Å². The van der Waals surface area contributed by atoms with Crippen LogP contribution < -0.4 is 5.32 Å². The zero-order valence-electron chi connectivity index (χ0n) is 14.5. The van der Waals surface area contributed by atoms with Crippen LogP contribution in [0.4, 0.5) is 5.69 Å². The van der Waals surface area contributed by atoms with E-state index in [0.29, 0.717) is 5.69 Å². The van der Waals surface area contributed by atoms with Crippen molar-refractivity contribution in [1.82, 2.24) is 4.90 Å². The van der Waals surface area contributed by atoms with Crippen molar-refractivity contribution >= 4 is 17.5 Å². The van der Waals surface area contributed by atoms with Crippen molar-refractivity contribution in [3.8, 4) is 11.8 Å². The lowest BCUT2D eigenvalue weighted by Gasteiger charge is -2.20. The highest BCUT2D eigenvalue weighted by Crippen LogP contribution is 2.10. The van der Waals surface area contributed by atoms with Crippen LogP contribution in [0.3, 0.4) is 0 Å². The van der Waals surface area contributed by atoms with Crippen LogP contribution in [0, 0.1) is 11.8 Å². The van der Waals surface area contributed by atoms with Crippen LogP contribution in [-0.4, -0.2) is 53.2 Å². The number of rotatable bonds is 4. The Labute approximate surface area is 152 Å². The van der Waals surface area contributed by atoms with Crippen LogP contribution in [0.2, 0.25) is 0 Å². The van der Waals surface area contributed by atoms with E-state index in [-0.39, 0.29) is 0 Å². The molecule has 3 N–H and O–H groups in total. The van der Waals surface area contributed by atoms with E-state index < -0.39 is 24.0 Å². The number of hydrogen-bond acceptors (Lipinski definition) is 4. The third-order valence-electron chi connectivity index (χ3n) is 3.54. The third-order valence-corrected chi connectivity index (χ3v) is 3.54. The summed E-state index contributed by atoms with van der Waals surface area (Å²) in [5, 5.41) is 22.0. The molecule has 26 heavy (non-hydrogen) atoms. The lowest BCUT2D eigenvalue weighted by atomic mass is 10.1. The average Bonchev–Trinajstić information content (AvgIpc) is 2.66. The van der Waals surface area contributed by atoms with Crippen molar-refractivity contribution in [2.45, 2.75) is 12.2 Å². The Morgan fingerprint density at radius 3 is 1.96 bits per heavy atom. The Balaban J connectivity index is 1.99. The number of aliphatic hydroxyl groups excluding tert-OH is 2. The lowest BCUT2D eigenvalue weighted by molar-refractivity contribution is -0.149. The minimum atomic E-state index is -1.86. The van der Waals surface area contributed by atoms with E-state index in [9.17, 15) is 19.8 Å². The molecule has 2 unspecified atom stereocenters. The molecular formula is C20H20N2O4. The number of benzene rings is 2. The molecule has 0 aromatic heterocycles. The van der Waals surface area contributed by atoms with Crippen LogP contribution in [0.15, 0.2) is 54.6 Å². The van der Waals surface area contributed by atoms with E-state index in [0.717, 1.165) is 16.0 Å². The summed E-state index contributed by atoms with van der Waals surface area (Å²) in [4.78, 5) is 24.7. The monoisotopic (exact) mass is 352 g/mol. The minimum absolute atomic E-state index is 0.420. The second-order valence-corrected chi connectivity index (χ2v) is 5.80. The number of nitrogens with zero attached hydrogens (tertiary/aromatic N) is 1. The molecule has 0 radical (unpaired) electrons. The first-order valence-electron chi connectivity index (χ1n) is 7.94. The van der Waals surface area contributed by atoms with Crippen LogP contribution in [0.25, 0.3) is 0 Å². The van der Waals surface area contributed by atoms with Gasteiger partial charge in [0.2, 0.25) is 0 Å². The maximum absolute atomic E-state index is 12.0. The first-order chi connectivity index (χ1) is 12.4. The highest BCUT2D eigenvalue weighted by molar-refractivity contribution is 5.98. The molecule has 134 valence electrons. The van der Waals surface area contributed by atoms with E-state index in [1.807, 2.05) is 30.3 Å². The average molecular weight is 352 g/mol. The molecule has 0 saturated carbocycles. The van der Waals surface area contributed by atoms with Gasteiger partial charge in [0.15, 0.2) is 12.2 Å². The van der Waals surface area contributed by atoms with Gasteiger partial charge in [0.1, 0.15) is 0 Å². The third kappa shape index (κ3) is 5.18. The van der Waals surface area contributed by atoms with E-state index in [1.54, 1.807) is 24.3 Å². The number of carbonyl (C=O) groups excluding carboxylic acids is 2. The van der Waals surface area contributed by atoms with Gasteiger partial charge in [-0.15, -0.1) is 0 Å². The molecule has 0 aliphatic heterocycles. The quantitative estimate of drug-likeness (QED) is 0.711. The molecule has 2 atom stereocenters. The number of carbonyl (C=O) groups is 2. The number of nitrogens with one attached hydrogen (secondary N) is 1. The molecular weight excluding hydrogens is 332 g/mol. The number of hydrogen-bond donors (Lipinski definition) is 3. The normalized spacial score (nSPS) is 12.3. The zero-order valence-corrected chi connectivity index (χ0v) is 14.5. The number of anilines is 1. The smallest absolute Gasteiger partial charge is 0.256 e.